The van der Waals surface area contributed by atoms with Crippen molar-refractivity contribution in [2.75, 3.05) is 13.2 Å². The normalized spacial score (nSPS) is 9.47. The number of fused-ring (bicyclic) bond motifs is 1. The van der Waals surface area contributed by atoms with E-state index in [1.807, 2.05) is 38.1 Å². The van der Waals surface area contributed by atoms with Gasteiger partial charge in [0.25, 0.3) is 0 Å². The Hall–Kier alpha value is -1.48. The molecular weight excluding hydrogens is 188 g/mol. The maximum atomic E-state index is 4.83. The highest BCUT2D eigenvalue weighted by Crippen LogP contribution is 2.04. The summed E-state index contributed by atoms with van der Waals surface area (Å²) in [5, 5.41) is 1.09. The lowest BCUT2D eigenvalue weighted by Gasteiger charge is -1.90. The molecule has 2 heterocycles. The van der Waals surface area contributed by atoms with Crippen molar-refractivity contribution in [3.8, 4) is 0 Å². The largest absolute Gasteiger partial charge is 0.382 e. The van der Waals surface area contributed by atoms with Crippen molar-refractivity contribution < 1.29 is 4.74 Å². The molecule has 0 aliphatic rings. The van der Waals surface area contributed by atoms with Gasteiger partial charge in [-0.3, -0.25) is 0 Å². The molecule has 0 unspecified atom stereocenters. The molecule has 2 aromatic rings. The third-order valence-corrected chi connectivity index (χ3v) is 1.78. The molecule has 0 radical (unpaired) electrons. The van der Waals surface area contributed by atoms with E-state index in [0.717, 1.165) is 24.2 Å². The Balaban J connectivity index is 0.000000195. The molecule has 0 fully saturated rings. The predicted octanol–water partition coefficient (Wildman–Crippen LogP) is 2.67. The van der Waals surface area contributed by atoms with Gasteiger partial charge >= 0.3 is 0 Å². The zero-order valence-electron chi connectivity index (χ0n) is 9.18. The zero-order valence-corrected chi connectivity index (χ0v) is 9.18. The lowest BCUT2D eigenvalue weighted by atomic mass is 10.3. The van der Waals surface area contributed by atoms with Crippen LogP contribution < -0.4 is 0 Å². The van der Waals surface area contributed by atoms with Gasteiger partial charge < -0.3 is 4.74 Å². The number of hydrogen-bond donors (Lipinski definition) is 0. The summed E-state index contributed by atoms with van der Waals surface area (Å²) in [5.41, 5.74) is 0.810. The first kappa shape index (κ1) is 11.6. The summed E-state index contributed by atoms with van der Waals surface area (Å²) in [5.74, 6) is 0. The Bertz CT molecular complexity index is 323. The molecule has 2 rings (SSSR count). The van der Waals surface area contributed by atoms with E-state index in [9.17, 15) is 0 Å². The Kier molecular flexibility index (Phi) is 5.33. The molecule has 0 spiro atoms. The number of nitrogens with zero attached hydrogens (tertiary/aromatic N) is 2. The first-order valence-corrected chi connectivity index (χ1v) is 5.12. The van der Waals surface area contributed by atoms with Crippen molar-refractivity contribution in [3.05, 3.63) is 36.7 Å². The third-order valence-electron chi connectivity index (χ3n) is 1.78. The van der Waals surface area contributed by atoms with Gasteiger partial charge in [-0.2, -0.15) is 0 Å². The molecule has 0 amide bonds. The van der Waals surface area contributed by atoms with Gasteiger partial charge in [0.2, 0.25) is 0 Å². The van der Waals surface area contributed by atoms with E-state index in [2.05, 4.69) is 9.97 Å². The van der Waals surface area contributed by atoms with Crippen LogP contribution in [0.4, 0.5) is 0 Å². The number of rotatable bonds is 2. The van der Waals surface area contributed by atoms with Crippen molar-refractivity contribution in [2.24, 2.45) is 0 Å². The fourth-order valence-electron chi connectivity index (χ4n) is 1.11. The first-order chi connectivity index (χ1) is 7.38. The topological polar surface area (TPSA) is 35.0 Å². The smallest absolute Gasteiger partial charge is 0.159 e. The van der Waals surface area contributed by atoms with Crippen LogP contribution >= 0.6 is 0 Å². The van der Waals surface area contributed by atoms with E-state index in [1.54, 1.807) is 12.4 Å². The highest BCUT2D eigenvalue weighted by atomic mass is 16.5. The van der Waals surface area contributed by atoms with Crippen LogP contribution in [0.5, 0.6) is 0 Å². The van der Waals surface area contributed by atoms with Crippen LogP contribution in [0.3, 0.4) is 0 Å². The van der Waals surface area contributed by atoms with Crippen LogP contribution in [-0.2, 0) is 4.74 Å². The van der Waals surface area contributed by atoms with E-state index in [4.69, 9.17) is 4.74 Å². The van der Waals surface area contributed by atoms with Crippen LogP contribution in [0.2, 0.25) is 0 Å². The number of hydrogen-bond acceptors (Lipinski definition) is 3. The van der Waals surface area contributed by atoms with Gasteiger partial charge in [0, 0.05) is 31.0 Å². The summed E-state index contributed by atoms with van der Waals surface area (Å²) in [6.07, 6.45) is 3.49. The van der Waals surface area contributed by atoms with Gasteiger partial charge in [0.1, 0.15) is 0 Å². The van der Waals surface area contributed by atoms with E-state index in [1.165, 1.54) is 0 Å². The van der Waals surface area contributed by atoms with E-state index in [0.29, 0.717) is 0 Å². The Morgan fingerprint density at radius 1 is 1.00 bits per heavy atom. The van der Waals surface area contributed by atoms with Gasteiger partial charge in [-0.15, -0.1) is 0 Å². The Morgan fingerprint density at radius 3 is 1.87 bits per heavy atom. The van der Waals surface area contributed by atoms with Gasteiger partial charge in [-0.25, -0.2) is 9.97 Å². The van der Waals surface area contributed by atoms with E-state index < -0.39 is 0 Å². The summed E-state index contributed by atoms with van der Waals surface area (Å²) in [7, 11) is 0. The fraction of sp³-hybridized carbons (Fsp3) is 0.333. The molecule has 0 bridgehead atoms. The Labute approximate surface area is 90.1 Å². The summed E-state index contributed by atoms with van der Waals surface area (Å²) >= 11 is 0. The minimum atomic E-state index is 0.810. The Morgan fingerprint density at radius 2 is 1.53 bits per heavy atom. The number of pyridine rings is 2. The van der Waals surface area contributed by atoms with E-state index >= 15 is 0 Å². The summed E-state index contributed by atoms with van der Waals surface area (Å²) < 4.78 is 4.83. The lowest BCUT2D eigenvalue weighted by Crippen LogP contribution is -1.84. The average molecular weight is 204 g/mol. The molecule has 0 aromatic carbocycles. The molecule has 0 aliphatic heterocycles. The molecule has 2 aromatic heterocycles. The van der Waals surface area contributed by atoms with Crippen LogP contribution in [-0.4, -0.2) is 23.2 Å². The SMILES string of the molecule is CCOCC.c1cnc2ncccc2c1. The minimum absolute atomic E-state index is 0.810. The van der Waals surface area contributed by atoms with Crippen LogP contribution in [0.15, 0.2) is 36.7 Å². The van der Waals surface area contributed by atoms with Gasteiger partial charge in [0.05, 0.1) is 0 Å². The van der Waals surface area contributed by atoms with E-state index in [-0.39, 0.29) is 0 Å². The van der Waals surface area contributed by atoms with Crippen molar-refractivity contribution in [1.29, 1.82) is 0 Å². The molecule has 3 nitrogen and oxygen atoms in total. The average Bonchev–Trinajstić information content (AvgIpc) is 2.31. The van der Waals surface area contributed by atoms with Crippen LogP contribution in [0, 0.1) is 0 Å². The van der Waals surface area contributed by atoms with Gasteiger partial charge in [-0.05, 0) is 38.1 Å². The maximum absolute atomic E-state index is 4.83. The van der Waals surface area contributed by atoms with Gasteiger partial charge in [0.15, 0.2) is 5.65 Å². The molecule has 0 N–H and O–H groups in total. The zero-order chi connectivity index (χ0) is 10.9. The summed E-state index contributed by atoms with van der Waals surface area (Å²) in [6, 6.07) is 7.80. The van der Waals surface area contributed by atoms with Crippen LogP contribution in [0.1, 0.15) is 13.8 Å². The molecule has 15 heavy (non-hydrogen) atoms. The summed E-state index contributed by atoms with van der Waals surface area (Å²) in [4.78, 5) is 8.14. The standard InChI is InChI=1S/C8H6N2.C4H10O/c1-3-7-4-2-6-10-8(7)9-5-1;1-3-5-4-2/h1-6H;3-4H2,1-2H3. The maximum Gasteiger partial charge on any atom is 0.159 e. The minimum Gasteiger partial charge on any atom is -0.382 e. The molecule has 0 aliphatic carbocycles. The highest BCUT2D eigenvalue weighted by molar-refractivity contribution is 5.73. The number of ether oxygens (including phenoxy) is 1. The second-order valence-corrected chi connectivity index (χ2v) is 2.83. The number of aromatic nitrogens is 2. The fourth-order valence-corrected chi connectivity index (χ4v) is 1.11. The first-order valence-electron chi connectivity index (χ1n) is 5.12. The second-order valence-electron chi connectivity index (χ2n) is 2.83. The van der Waals surface area contributed by atoms with Crippen molar-refractivity contribution in [3.63, 3.8) is 0 Å². The van der Waals surface area contributed by atoms with Gasteiger partial charge in [-0.1, -0.05) is 0 Å². The lowest BCUT2D eigenvalue weighted by molar-refractivity contribution is 0.162. The van der Waals surface area contributed by atoms with Crippen molar-refractivity contribution in [1.82, 2.24) is 9.97 Å². The molecular formula is C12H16N2O. The predicted molar refractivity (Wildman–Crippen MR) is 61.7 cm³/mol. The monoisotopic (exact) mass is 204 g/mol. The molecule has 3 heteroatoms. The molecule has 0 saturated heterocycles. The quantitative estimate of drug-likeness (QED) is 0.754. The van der Waals surface area contributed by atoms with Crippen LogP contribution in [0.25, 0.3) is 11.0 Å². The highest BCUT2D eigenvalue weighted by Gasteiger charge is 1.88. The van der Waals surface area contributed by atoms with Crippen molar-refractivity contribution in [2.45, 2.75) is 13.8 Å². The molecule has 0 atom stereocenters. The second kappa shape index (κ2) is 6.90. The molecule has 0 saturated carbocycles. The van der Waals surface area contributed by atoms with Crippen molar-refractivity contribution >= 4 is 11.0 Å². The molecule has 80 valence electrons. The summed E-state index contributed by atoms with van der Waals surface area (Å²) in [6.45, 7) is 5.67. The third kappa shape index (κ3) is 4.04.